The third-order valence-electron chi connectivity index (χ3n) is 2.82. The molecule has 0 amide bonds. The third-order valence-corrected chi connectivity index (χ3v) is 2.82. The normalized spacial score (nSPS) is 14.3. The van der Waals surface area contributed by atoms with Crippen LogP contribution in [0.5, 0.6) is 0 Å². The Morgan fingerprint density at radius 1 is 1.53 bits per heavy atom. The minimum Gasteiger partial charge on any atom is -0.469 e. The second-order valence-electron chi connectivity index (χ2n) is 4.02. The van der Waals surface area contributed by atoms with E-state index >= 15 is 0 Å². The molecule has 0 aliphatic rings. The lowest BCUT2D eigenvalue weighted by molar-refractivity contribution is -0.144. The van der Waals surface area contributed by atoms with Crippen LogP contribution in [-0.4, -0.2) is 44.3 Å². The molecule has 0 aliphatic carbocycles. The molecule has 2 rings (SSSR count). The molecule has 19 heavy (non-hydrogen) atoms. The topological polar surface area (TPSA) is 134 Å². The molecule has 2 aromatic heterocycles. The number of carbonyl (C=O) groups is 1. The molecule has 0 radical (unpaired) electrons. The molecular weight excluding hydrogens is 252 g/mol. The van der Waals surface area contributed by atoms with Gasteiger partial charge < -0.3 is 25.7 Å². The second kappa shape index (κ2) is 5.21. The van der Waals surface area contributed by atoms with Crippen LogP contribution in [0, 0.1) is 0 Å². The van der Waals surface area contributed by atoms with Gasteiger partial charge in [0.25, 0.3) is 0 Å². The molecule has 0 fully saturated rings. The highest BCUT2D eigenvalue weighted by atomic mass is 16.5. The predicted octanol–water partition coefficient (Wildman–Crippen LogP) is -0.503. The quantitative estimate of drug-likeness (QED) is 0.548. The second-order valence-corrected chi connectivity index (χ2v) is 4.02. The Bertz CT molecular complexity index is 597. The van der Waals surface area contributed by atoms with E-state index in [2.05, 4.69) is 19.7 Å². The molecule has 0 spiro atoms. The van der Waals surface area contributed by atoms with Crippen molar-refractivity contribution >= 4 is 22.8 Å². The third kappa shape index (κ3) is 2.49. The van der Waals surface area contributed by atoms with Gasteiger partial charge in [-0.05, 0) is 0 Å². The Morgan fingerprint density at radius 3 is 2.95 bits per heavy atom. The summed E-state index contributed by atoms with van der Waals surface area (Å²) in [5.74, 6) is -0.429. The highest BCUT2D eigenvalue weighted by Crippen LogP contribution is 2.29. The molecule has 2 heterocycles. The van der Waals surface area contributed by atoms with Gasteiger partial charge in [-0.1, -0.05) is 0 Å². The van der Waals surface area contributed by atoms with E-state index < -0.39 is 18.2 Å². The van der Waals surface area contributed by atoms with Crippen LogP contribution in [-0.2, 0) is 9.53 Å². The minimum atomic E-state index is -1.30. The van der Waals surface area contributed by atoms with Crippen LogP contribution < -0.4 is 5.73 Å². The standard InChI is InChI=1S/C11H14N4O4/c1-19-7(17)2-6(16)9(18)5-3-13-11-8(5)10(12)14-4-15-11/h3-4,6,9,16,18H,2H2,1H3,(H3,12,13,14,15). The van der Waals surface area contributed by atoms with E-state index in [4.69, 9.17) is 5.73 Å². The molecule has 0 bridgehead atoms. The Kier molecular flexibility index (Phi) is 3.63. The number of esters is 1. The Hall–Kier alpha value is -2.19. The number of methoxy groups -OCH3 is 1. The maximum Gasteiger partial charge on any atom is 0.308 e. The zero-order valence-electron chi connectivity index (χ0n) is 10.2. The van der Waals surface area contributed by atoms with E-state index in [9.17, 15) is 15.0 Å². The smallest absolute Gasteiger partial charge is 0.308 e. The number of rotatable bonds is 4. The molecule has 0 saturated carbocycles. The zero-order valence-corrected chi connectivity index (χ0v) is 10.2. The first-order valence-corrected chi connectivity index (χ1v) is 5.55. The number of aliphatic hydroxyl groups is 2. The van der Waals surface area contributed by atoms with Gasteiger partial charge in [0.15, 0.2) is 0 Å². The van der Waals surface area contributed by atoms with E-state index in [1.165, 1.54) is 19.6 Å². The fourth-order valence-electron chi connectivity index (χ4n) is 1.82. The summed E-state index contributed by atoms with van der Waals surface area (Å²) in [7, 11) is 1.21. The fourth-order valence-corrected chi connectivity index (χ4v) is 1.82. The van der Waals surface area contributed by atoms with Crippen LogP contribution in [0.3, 0.4) is 0 Å². The molecule has 2 unspecified atom stereocenters. The van der Waals surface area contributed by atoms with Gasteiger partial charge >= 0.3 is 5.97 Å². The van der Waals surface area contributed by atoms with Crippen molar-refractivity contribution in [1.29, 1.82) is 0 Å². The molecule has 5 N–H and O–H groups in total. The molecule has 0 saturated heterocycles. The van der Waals surface area contributed by atoms with Gasteiger partial charge in [-0.2, -0.15) is 0 Å². The molecule has 0 aliphatic heterocycles. The Balaban J connectivity index is 2.31. The molecule has 2 aromatic rings. The van der Waals surface area contributed by atoms with Crippen LogP contribution in [0.25, 0.3) is 11.0 Å². The maximum absolute atomic E-state index is 11.1. The summed E-state index contributed by atoms with van der Waals surface area (Å²) in [6.07, 6.45) is -0.152. The number of aliphatic hydroxyl groups excluding tert-OH is 2. The number of nitrogens with two attached hydrogens (primary N) is 1. The Labute approximate surface area is 108 Å². The lowest BCUT2D eigenvalue weighted by atomic mass is 10.0. The summed E-state index contributed by atoms with van der Waals surface area (Å²) < 4.78 is 4.43. The monoisotopic (exact) mass is 266 g/mol. The van der Waals surface area contributed by atoms with Gasteiger partial charge in [-0.3, -0.25) is 4.79 Å². The number of nitrogens with one attached hydrogen (secondary N) is 1. The van der Waals surface area contributed by atoms with E-state index in [0.717, 1.165) is 0 Å². The zero-order chi connectivity index (χ0) is 14.0. The van der Waals surface area contributed by atoms with Crippen LogP contribution in [0.4, 0.5) is 5.82 Å². The molecular formula is C11H14N4O4. The van der Waals surface area contributed by atoms with Crippen molar-refractivity contribution in [3.63, 3.8) is 0 Å². The highest BCUT2D eigenvalue weighted by Gasteiger charge is 2.25. The number of H-pyrrole nitrogens is 1. The summed E-state index contributed by atoms with van der Waals surface area (Å²) in [6, 6.07) is 0. The number of aromatic amines is 1. The highest BCUT2D eigenvalue weighted by molar-refractivity contribution is 5.89. The molecule has 2 atom stereocenters. The van der Waals surface area contributed by atoms with Crippen molar-refractivity contribution < 1.29 is 19.7 Å². The maximum atomic E-state index is 11.1. The first kappa shape index (κ1) is 13.2. The summed E-state index contributed by atoms with van der Waals surface area (Å²) in [5, 5.41) is 20.3. The van der Waals surface area contributed by atoms with Gasteiger partial charge in [0.1, 0.15) is 23.9 Å². The number of hydrogen-bond donors (Lipinski definition) is 4. The summed E-state index contributed by atoms with van der Waals surface area (Å²) >= 11 is 0. The van der Waals surface area contributed by atoms with E-state index in [-0.39, 0.29) is 12.2 Å². The van der Waals surface area contributed by atoms with E-state index in [1.807, 2.05) is 0 Å². The summed E-state index contributed by atoms with van der Waals surface area (Å²) in [4.78, 5) is 21.7. The number of anilines is 1. The molecule has 8 nitrogen and oxygen atoms in total. The minimum absolute atomic E-state index is 0.186. The lowest BCUT2D eigenvalue weighted by Gasteiger charge is -2.16. The fraction of sp³-hybridized carbons (Fsp3) is 0.364. The number of hydrogen-bond acceptors (Lipinski definition) is 7. The van der Waals surface area contributed by atoms with Crippen molar-refractivity contribution in [1.82, 2.24) is 15.0 Å². The predicted molar refractivity (Wildman–Crippen MR) is 65.9 cm³/mol. The number of nitrogens with zero attached hydrogens (tertiary/aromatic N) is 2. The number of fused-ring (bicyclic) bond motifs is 1. The molecule has 8 heteroatoms. The first-order valence-electron chi connectivity index (χ1n) is 5.55. The van der Waals surface area contributed by atoms with Crippen LogP contribution in [0.2, 0.25) is 0 Å². The van der Waals surface area contributed by atoms with Gasteiger partial charge in [-0.25, -0.2) is 9.97 Å². The lowest BCUT2D eigenvalue weighted by Crippen LogP contribution is -2.22. The van der Waals surface area contributed by atoms with Crippen molar-refractivity contribution in [3.05, 3.63) is 18.1 Å². The van der Waals surface area contributed by atoms with Crippen LogP contribution in [0.1, 0.15) is 18.1 Å². The number of ether oxygens (including phenoxy) is 1. The molecule has 0 aromatic carbocycles. The number of carbonyl (C=O) groups excluding carboxylic acids is 1. The van der Waals surface area contributed by atoms with Gasteiger partial charge in [0.2, 0.25) is 0 Å². The summed E-state index contributed by atoms with van der Waals surface area (Å²) in [5.41, 5.74) is 6.50. The largest absolute Gasteiger partial charge is 0.469 e. The van der Waals surface area contributed by atoms with Crippen molar-refractivity contribution in [2.24, 2.45) is 0 Å². The van der Waals surface area contributed by atoms with Crippen molar-refractivity contribution in [3.8, 4) is 0 Å². The van der Waals surface area contributed by atoms with Crippen LogP contribution >= 0.6 is 0 Å². The SMILES string of the molecule is COC(=O)CC(O)C(O)c1c[nH]c2ncnc(N)c12. The first-order chi connectivity index (χ1) is 9.04. The number of nitrogen functional groups attached to an aromatic ring is 1. The molecule has 102 valence electrons. The average molecular weight is 266 g/mol. The van der Waals surface area contributed by atoms with Crippen molar-refractivity contribution in [2.45, 2.75) is 18.6 Å². The average Bonchev–Trinajstić information content (AvgIpc) is 2.82. The van der Waals surface area contributed by atoms with E-state index in [0.29, 0.717) is 16.6 Å². The van der Waals surface area contributed by atoms with Gasteiger partial charge in [0, 0.05) is 11.8 Å². The van der Waals surface area contributed by atoms with Gasteiger partial charge in [0.05, 0.1) is 25.0 Å². The van der Waals surface area contributed by atoms with E-state index in [1.54, 1.807) is 0 Å². The number of aromatic nitrogens is 3. The van der Waals surface area contributed by atoms with Crippen molar-refractivity contribution in [2.75, 3.05) is 12.8 Å². The van der Waals surface area contributed by atoms with Gasteiger partial charge in [-0.15, -0.1) is 0 Å². The van der Waals surface area contributed by atoms with Crippen LogP contribution in [0.15, 0.2) is 12.5 Å². The Morgan fingerprint density at radius 2 is 2.26 bits per heavy atom. The summed E-state index contributed by atoms with van der Waals surface area (Å²) in [6.45, 7) is 0.